The Kier molecular flexibility index (Phi) is 9.94. The van der Waals surface area contributed by atoms with Crippen molar-refractivity contribution in [3.8, 4) is 5.75 Å². The van der Waals surface area contributed by atoms with Crippen LogP contribution in [0.25, 0.3) is 0 Å². The van der Waals surface area contributed by atoms with Gasteiger partial charge in [-0.05, 0) is 54.8 Å². The maximum absolute atomic E-state index is 14.2. The first kappa shape index (κ1) is 30.0. The van der Waals surface area contributed by atoms with E-state index in [1.807, 2.05) is 67.6 Å². The number of rotatable bonds is 13. The average molecular weight is 573 g/mol. The normalized spacial score (nSPS) is 13.6. The highest BCUT2D eigenvalue weighted by Crippen LogP contribution is 2.34. The second kappa shape index (κ2) is 13.6. The number of benzene rings is 4. The van der Waals surface area contributed by atoms with E-state index in [0.29, 0.717) is 17.9 Å². The molecule has 0 radical (unpaired) electrons. The Labute approximate surface area is 242 Å². The number of carbonyl (C=O) groups excluding carboxylic acids is 1. The summed E-state index contributed by atoms with van der Waals surface area (Å²) >= 11 is 0. The van der Waals surface area contributed by atoms with Gasteiger partial charge in [0.2, 0.25) is 10.0 Å². The molecular formula is C33H36N2O5S. The molecule has 4 aromatic carbocycles. The first-order valence-electron chi connectivity index (χ1n) is 13.5. The number of sulfonamides is 1. The molecule has 0 aliphatic heterocycles. The summed E-state index contributed by atoms with van der Waals surface area (Å²) in [6.07, 6.45) is 0.159. The largest absolute Gasteiger partial charge is 0.497 e. The van der Waals surface area contributed by atoms with Gasteiger partial charge in [0.25, 0.3) is 0 Å². The minimum Gasteiger partial charge on any atom is -0.497 e. The second-order valence-corrected chi connectivity index (χ2v) is 11.5. The van der Waals surface area contributed by atoms with Crippen molar-refractivity contribution in [1.82, 2.24) is 10.0 Å². The topological polar surface area (TPSA) is 93.7 Å². The summed E-state index contributed by atoms with van der Waals surface area (Å²) in [6.45, 7) is 4.05. The molecule has 0 heterocycles. The third-order valence-electron chi connectivity index (χ3n) is 6.96. The van der Waals surface area contributed by atoms with Crippen LogP contribution in [0.4, 0.5) is 0 Å². The van der Waals surface area contributed by atoms with Gasteiger partial charge in [-0.15, -0.1) is 0 Å². The van der Waals surface area contributed by atoms with Crippen molar-refractivity contribution in [1.29, 1.82) is 0 Å². The molecule has 0 saturated carbocycles. The predicted octanol–water partition coefficient (Wildman–Crippen LogP) is 5.36. The summed E-state index contributed by atoms with van der Waals surface area (Å²) in [5.41, 5.74) is 1.76. The first-order chi connectivity index (χ1) is 19.8. The number of hydrogen-bond acceptors (Lipinski definition) is 6. The van der Waals surface area contributed by atoms with Crippen molar-refractivity contribution in [3.63, 3.8) is 0 Å². The maximum Gasteiger partial charge on any atom is 0.328 e. The first-order valence-corrected chi connectivity index (χ1v) is 15.0. The molecule has 0 aliphatic carbocycles. The number of nitrogens with one attached hydrogen (secondary N) is 2. The Morgan fingerprint density at radius 1 is 0.829 bits per heavy atom. The lowest BCUT2D eigenvalue weighted by Gasteiger charge is -2.40. The van der Waals surface area contributed by atoms with Gasteiger partial charge in [0, 0.05) is 13.0 Å². The molecule has 214 valence electrons. The molecule has 0 aromatic heterocycles. The van der Waals surface area contributed by atoms with Crippen LogP contribution in [0.1, 0.15) is 35.2 Å². The lowest BCUT2D eigenvalue weighted by molar-refractivity contribution is -0.152. The number of esters is 1. The van der Waals surface area contributed by atoms with E-state index in [1.165, 1.54) is 0 Å². The monoisotopic (exact) mass is 572 g/mol. The van der Waals surface area contributed by atoms with E-state index in [-0.39, 0.29) is 17.9 Å². The SMILES string of the molecule is CCOC(=O)[C@](Cc1ccccc1)(NCc1ccccc1)[C@@H](NS(=O)(=O)c1ccc(C)cc1)c1ccc(OC)cc1. The Morgan fingerprint density at radius 3 is 1.98 bits per heavy atom. The van der Waals surface area contributed by atoms with Crippen molar-refractivity contribution in [2.24, 2.45) is 0 Å². The molecule has 0 fully saturated rings. The minimum atomic E-state index is -4.08. The quantitative estimate of drug-likeness (QED) is 0.210. The second-order valence-electron chi connectivity index (χ2n) is 9.83. The highest BCUT2D eigenvalue weighted by molar-refractivity contribution is 7.89. The zero-order chi connectivity index (χ0) is 29.3. The lowest BCUT2D eigenvalue weighted by atomic mass is 9.80. The molecule has 0 bridgehead atoms. The summed E-state index contributed by atoms with van der Waals surface area (Å²) in [4.78, 5) is 14.3. The van der Waals surface area contributed by atoms with E-state index in [4.69, 9.17) is 9.47 Å². The van der Waals surface area contributed by atoms with Crippen molar-refractivity contribution < 1.29 is 22.7 Å². The molecule has 7 nitrogen and oxygen atoms in total. The number of methoxy groups -OCH3 is 1. The molecule has 0 unspecified atom stereocenters. The van der Waals surface area contributed by atoms with E-state index >= 15 is 0 Å². The van der Waals surface area contributed by atoms with Crippen LogP contribution in [0.5, 0.6) is 5.75 Å². The van der Waals surface area contributed by atoms with E-state index in [1.54, 1.807) is 62.6 Å². The predicted molar refractivity (Wildman–Crippen MR) is 160 cm³/mol. The molecule has 0 saturated heterocycles. The minimum absolute atomic E-state index is 0.0992. The van der Waals surface area contributed by atoms with Gasteiger partial charge in [-0.3, -0.25) is 5.32 Å². The van der Waals surface area contributed by atoms with Crippen LogP contribution >= 0.6 is 0 Å². The fraction of sp³-hybridized carbons (Fsp3) is 0.242. The molecule has 8 heteroatoms. The molecule has 0 amide bonds. The summed E-state index contributed by atoms with van der Waals surface area (Å²) in [5.74, 6) is 0.0446. The van der Waals surface area contributed by atoms with Crippen LogP contribution in [0.15, 0.2) is 114 Å². The summed E-state index contributed by atoms with van der Waals surface area (Å²) in [5, 5.41) is 3.46. The molecule has 2 atom stereocenters. The van der Waals surface area contributed by atoms with Gasteiger partial charge in [0.15, 0.2) is 0 Å². The zero-order valence-electron chi connectivity index (χ0n) is 23.5. The van der Waals surface area contributed by atoms with Crippen LogP contribution in [-0.2, 0) is 32.5 Å². The van der Waals surface area contributed by atoms with E-state index in [9.17, 15) is 13.2 Å². The van der Waals surface area contributed by atoms with Gasteiger partial charge in [0.1, 0.15) is 11.3 Å². The summed E-state index contributed by atoms with van der Waals surface area (Å²) < 4.78 is 41.7. The smallest absolute Gasteiger partial charge is 0.328 e. The molecule has 41 heavy (non-hydrogen) atoms. The standard InChI is InChI=1S/C33H36N2O5S/c1-4-40-32(36)33(23-26-11-7-5-8-12-26,34-24-27-13-9-6-10-14-27)31(28-17-19-29(39-3)20-18-28)35-41(37,38)30-21-15-25(2)16-22-30/h5-22,31,34-35H,4,23-24H2,1-3H3/t31-,33+/m0/s1. The molecule has 0 spiro atoms. The van der Waals surface area contributed by atoms with Crippen molar-refractivity contribution in [2.75, 3.05) is 13.7 Å². The van der Waals surface area contributed by atoms with Gasteiger partial charge in [-0.25, -0.2) is 17.9 Å². The van der Waals surface area contributed by atoms with Crippen LogP contribution in [0.3, 0.4) is 0 Å². The molecule has 2 N–H and O–H groups in total. The lowest BCUT2D eigenvalue weighted by Crippen LogP contribution is -2.62. The summed E-state index contributed by atoms with van der Waals surface area (Å²) in [7, 11) is -2.51. The average Bonchev–Trinajstić information content (AvgIpc) is 2.99. The third kappa shape index (κ3) is 7.41. The molecular weight excluding hydrogens is 536 g/mol. The number of carbonyl (C=O) groups is 1. The summed E-state index contributed by atoms with van der Waals surface area (Å²) in [6, 6.07) is 31.7. The van der Waals surface area contributed by atoms with Crippen LogP contribution in [0.2, 0.25) is 0 Å². The third-order valence-corrected chi connectivity index (χ3v) is 8.40. The highest BCUT2D eigenvalue weighted by atomic mass is 32.2. The number of ether oxygens (including phenoxy) is 2. The van der Waals surface area contributed by atoms with Crippen LogP contribution in [-0.4, -0.2) is 33.6 Å². The Bertz CT molecular complexity index is 1510. The molecule has 4 rings (SSSR count). The maximum atomic E-state index is 14.2. The van der Waals surface area contributed by atoms with E-state index < -0.39 is 27.6 Å². The fourth-order valence-corrected chi connectivity index (χ4v) is 6.03. The number of aryl methyl sites for hydroxylation is 1. The van der Waals surface area contributed by atoms with Gasteiger partial charge in [0.05, 0.1) is 24.7 Å². The Morgan fingerprint density at radius 2 is 1.41 bits per heavy atom. The molecule has 4 aromatic rings. The highest BCUT2D eigenvalue weighted by Gasteiger charge is 2.49. The van der Waals surface area contributed by atoms with Crippen molar-refractivity contribution in [3.05, 3.63) is 131 Å². The van der Waals surface area contributed by atoms with Crippen LogP contribution in [0, 0.1) is 6.92 Å². The van der Waals surface area contributed by atoms with E-state index in [2.05, 4.69) is 10.0 Å². The van der Waals surface area contributed by atoms with Crippen molar-refractivity contribution in [2.45, 2.75) is 43.3 Å². The van der Waals surface area contributed by atoms with E-state index in [0.717, 1.165) is 16.7 Å². The fourth-order valence-electron chi connectivity index (χ4n) is 4.75. The number of hydrogen-bond donors (Lipinski definition) is 2. The van der Waals surface area contributed by atoms with Gasteiger partial charge < -0.3 is 9.47 Å². The van der Waals surface area contributed by atoms with Crippen molar-refractivity contribution >= 4 is 16.0 Å². The van der Waals surface area contributed by atoms with Gasteiger partial charge >= 0.3 is 5.97 Å². The van der Waals surface area contributed by atoms with Gasteiger partial charge in [-0.1, -0.05) is 90.5 Å². The van der Waals surface area contributed by atoms with Gasteiger partial charge in [-0.2, -0.15) is 0 Å². The zero-order valence-corrected chi connectivity index (χ0v) is 24.4. The van der Waals surface area contributed by atoms with Crippen LogP contribution < -0.4 is 14.8 Å². The molecule has 0 aliphatic rings. The Balaban J connectivity index is 1.91. The Hall–Kier alpha value is -3.98.